The van der Waals surface area contributed by atoms with Gasteiger partial charge < -0.3 is 44.3 Å². The predicted molar refractivity (Wildman–Crippen MR) is 242 cm³/mol. The SMILES string of the molecule is CC(C)(C)OC(=O)N1[C@@H]2CC[C@H]1CC(CCOS(C)(=O)=O)C2.CCO.COCCC1C[C@H]2CC[C@@H](C1)N2.COCCC1C[C@H]2CC[C@@H](C1)N2C(=O)OC(C)(C)C.C[O-].ClCCl.[Na+]. The summed E-state index contributed by atoms with van der Waals surface area (Å²) in [6.45, 7) is 15.4. The van der Waals surface area contributed by atoms with Gasteiger partial charge in [0.1, 0.15) is 11.2 Å². The van der Waals surface area contributed by atoms with E-state index in [1.165, 1.54) is 32.1 Å². The molecule has 0 saturated carbocycles. The van der Waals surface area contributed by atoms with Gasteiger partial charge in [0.2, 0.25) is 0 Å². The van der Waals surface area contributed by atoms with Crippen molar-refractivity contribution < 1.29 is 80.9 Å². The number of nitrogens with zero attached hydrogens (tertiary/aromatic N) is 2. The van der Waals surface area contributed by atoms with Crippen LogP contribution in [-0.2, 0) is 33.2 Å². The Hall–Kier alpha value is -0.170. The van der Waals surface area contributed by atoms with Crippen LogP contribution in [0.3, 0.4) is 0 Å². The number of amides is 2. The van der Waals surface area contributed by atoms with Crippen molar-refractivity contribution >= 4 is 45.5 Å². The van der Waals surface area contributed by atoms with Crippen LogP contribution in [0, 0.1) is 17.8 Å². The fourth-order valence-electron chi connectivity index (χ4n) is 9.62. The number of aliphatic hydroxyl groups is 1. The normalized spacial score (nSPS) is 28.0. The van der Waals surface area contributed by atoms with Crippen molar-refractivity contribution in [2.75, 3.05) is 59.4 Å². The Labute approximate surface area is 408 Å². The molecule has 362 valence electrons. The number of carbonyl (C=O) groups excluding carboxylic acids is 2. The number of hydrogen-bond acceptors (Lipinski definition) is 12. The van der Waals surface area contributed by atoms with Crippen molar-refractivity contribution in [1.29, 1.82) is 0 Å². The molecule has 6 fully saturated rings. The zero-order chi connectivity index (χ0) is 46.4. The number of piperidine rings is 3. The van der Waals surface area contributed by atoms with Gasteiger partial charge in [-0.05, 0) is 163 Å². The molecular formula is C44H84Cl2N3NaO11S. The van der Waals surface area contributed by atoms with Crippen LogP contribution >= 0.6 is 23.2 Å². The molecule has 6 aliphatic heterocycles. The fraction of sp³-hybridized carbons (Fsp3) is 0.955. The van der Waals surface area contributed by atoms with Crippen LogP contribution in [0.1, 0.15) is 145 Å². The first-order valence-corrected chi connectivity index (χ1v) is 25.3. The summed E-state index contributed by atoms with van der Waals surface area (Å²) < 4.78 is 48.1. The van der Waals surface area contributed by atoms with Crippen LogP contribution < -0.4 is 40.0 Å². The molecule has 2 amide bonds. The van der Waals surface area contributed by atoms with Crippen LogP contribution in [0.25, 0.3) is 0 Å². The molecule has 3 unspecified atom stereocenters. The van der Waals surface area contributed by atoms with Gasteiger partial charge in [0.25, 0.3) is 10.1 Å². The van der Waals surface area contributed by atoms with Gasteiger partial charge in [-0.3, -0.25) is 4.18 Å². The largest absolute Gasteiger partial charge is 1.00 e. The molecule has 0 aromatic heterocycles. The summed E-state index contributed by atoms with van der Waals surface area (Å²) >= 11 is 9.53. The van der Waals surface area contributed by atoms with E-state index in [0.717, 1.165) is 109 Å². The molecule has 6 bridgehead atoms. The topological polar surface area (TPSA) is 176 Å². The van der Waals surface area contributed by atoms with Gasteiger partial charge in [0, 0.05) is 70.3 Å². The van der Waals surface area contributed by atoms with Crippen molar-refractivity contribution in [3.05, 3.63) is 0 Å². The number of ether oxygens (including phenoxy) is 4. The molecule has 6 aliphatic rings. The number of hydrogen-bond donors (Lipinski definition) is 2. The molecule has 14 nitrogen and oxygen atoms in total. The molecule has 0 spiro atoms. The maximum absolute atomic E-state index is 12.3. The molecule has 6 rings (SSSR count). The Morgan fingerprint density at radius 3 is 1.23 bits per heavy atom. The van der Waals surface area contributed by atoms with E-state index in [2.05, 4.69) is 5.32 Å². The van der Waals surface area contributed by atoms with Crippen LogP contribution in [-0.4, -0.2) is 142 Å². The minimum Gasteiger partial charge on any atom is -0.857 e. The van der Waals surface area contributed by atoms with Crippen molar-refractivity contribution in [3.8, 4) is 0 Å². The summed E-state index contributed by atoms with van der Waals surface area (Å²) in [5.74, 6) is 2.05. The first kappa shape index (κ1) is 61.8. The number of methoxy groups -OCH3 is 2. The van der Waals surface area contributed by atoms with Gasteiger partial charge in [-0.2, -0.15) is 15.5 Å². The Morgan fingerprint density at radius 1 is 0.661 bits per heavy atom. The Balaban J connectivity index is 0.000000845. The van der Waals surface area contributed by atoms with Crippen molar-refractivity contribution in [1.82, 2.24) is 15.1 Å². The van der Waals surface area contributed by atoms with E-state index in [-0.39, 0.29) is 72.4 Å². The van der Waals surface area contributed by atoms with Gasteiger partial charge in [-0.15, -0.1) is 23.2 Å². The molecular weight excluding hydrogens is 872 g/mol. The Kier molecular flexibility index (Phi) is 31.7. The first-order valence-electron chi connectivity index (χ1n) is 22.4. The number of fused-ring (bicyclic) bond motifs is 6. The van der Waals surface area contributed by atoms with E-state index in [0.29, 0.717) is 23.9 Å². The van der Waals surface area contributed by atoms with E-state index in [9.17, 15) is 18.0 Å². The van der Waals surface area contributed by atoms with Gasteiger partial charge in [-0.25, -0.2) is 9.59 Å². The van der Waals surface area contributed by atoms with Crippen LogP contribution in [0.2, 0.25) is 0 Å². The van der Waals surface area contributed by atoms with Crippen LogP contribution in [0.5, 0.6) is 0 Å². The Morgan fingerprint density at radius 2 is 0.952 bits per heavy atom. The molecule has 0 aromatic carbocycles. The van der Waals surface area contributed by atoms with Crippen LogP contribution in [0.15, 0.2) is 0 Å². The molecule has 2 N–H and O–H groups in total. The second-order valence-electron chi connectivity index (χ2n) is 19.0. The second-order valence-corrected chi connectivity index (χ2v) is 21.4. The standard InChI is InChI=1S/C15H27NO5S.C15H27NO3.C10H19NO.C2H6O.CH2Cl2.CH3O.Na/c1-15(2,3)21-14(17)16-12-5-6-13(16)10-11(9-12)7-8-20-22(4,18)19;1-15(2,3)19-14(17)16-12-5-6-13(16)10-11(9-12)7-8-18-4;1-12-5-4-8-6-9-2-3-10(7-8)11-9;1-2-3;2-1-3;1-2;/h11-13H,5-10H2,1-4H3;11-13H,5-10H2,1-4H3;8-11H,2-7H2,1H3;3H,2H2,1H3;1H2;1H3;/q;;;;;-1;+1/t2*11?,12-,13+;8?,9-,10+;;;;. The molecule has 0 aromatic rings. The molecule has 9 atom stereocenters. The average Bonchev–Trinajstić information content (AvgIpc) is 3.75. The summed E-state index contributed by atoms with van der Waals surface area (Å²) in [5.41, 5.74) is -0.875. The zero-order valence-electron chi connectivity index (χ0n) is 40.4. The maximum Gasteiger partial charge on any atom is 1.00 e. The predicted octanol–water partition coefficient (Wildman–Crippen LogP) is 4.69. The number of rotatable bonds is 10. The van der Waals surface area contributed by atoms with Gasteiger partial charge in [0.15, 0.2) is 0 Å². The number of carbonyl (C=O) groups is 2. The van der Waals surface area contributed by atoms with E-state index in [1.54, 1.807) is 21.1 Å². The van der Waals surface area contributed by atoms with E-state index < -0.39 is 21.3 Å². The second kappa shape index (κ2) is 31.7. The van der Waals surface area contributed by atoms with E-state index >= 15 is 0 Å². The molecule has 0 aliphatic carbocycles. The Bertz CT molecular complexity index is 1290. The summed E-state index contributed by atoms with van der Waals surface area (Å²) in [6, 6.07) is 2.88. The third-order valence-electron chi connectivity index (χ3n) is 11.7. The maximum atomic E-state index is 12.3. The number of nitrogens with one attached hydrogen (secondary N) is 1. The quantitative estimate of drug-likeness (QED) is 0.176. The van der Waals surface area contributed by atoms with Crippen molar-refractivity contribution in [2.24, 2.45) is 17.8 Å². The van der Waals surface area contributed by atoms with Gasteiger partial charge in [-0.1, -0.05) is 0 Å². The van der Waals surface area contributed by atoms with E-state index in [4.69, 9.17) is 56.5 Å². The summed E-state index contributed by atoms with van der Waals surface area (Å²) in [4.78, 5) is 28.5. The zero-order valence-corrected chi connectivity index (χ0v) is 44.8. The van der Waals surface area contributed by atoms with Gasteiger partial charge in [0.05, 0.1) is 18.2 Å². The smallest absolute Gasteiger partial charge is 0.857 e. The third-order valence-corrected chi connectivity index (χ3v) is 12.3. The average molecular weight is 957 g/mol. The number of halogens is 2. The van der Waals surface area contributed by atoms with Crippen molar-refractivity contribution in [3.63, 3.8) is 0 Å². The molecule has 18 heteroatoms. The summed E-state index contributed by atoms with van der Waals surface area (Å²) in [5, 5.41) is 19.7. The monoisotopic (exact) mass is 956 g/mol. The molecule has 6 saturated heterocycles. The molecule has 6 heterocycles. The van der Waals surface area contributed by atoms with Gasteiger partial charge >= 0.3 is 41.7 Å². The third kappa shape index (κ3) is 24.6. The molecule has 0 radical (unpaired) electrons. The summed E-state index contributed by atoms with van der Waals surface area (Å²) in [6.07, 6.45) is 17.8. The van der Waals surface area contributed by atoms with E-state index in [1.807, 2.05) is 51.3 Å². The first-order chi connectivity index (χ1) is 28.7. The summed E-state index contributed by atoms with van der Waals surface area (Å²) in [7, 11) is 0.940. The molecule has 62 heavy (non-hydrogen) atoms. The van der Waals surface area contributed by atoms with Crippen molar-refractivity contribution in [2.45, 2.75) is 192 Å². The van der Waals surface area contributed by atoms with Crippen LogP contribution in [0.4, 0.5) is 9.59 Å². The number of alkyl halides is 2. The fourth-order valence-corrected chi connectivity index (χ4v) is 10.0. The number of aliphatic hydroxyl groups excluding tert-OH is 1. The minimum absolute atomic E-state index is 0. The minimum atomic E-state index is -3.37.